The van der Waals surface area contributed by atoms with Gasteiger partial charge in [0.05, 0.1) is 0 Å². The summed E-state index contributed by atoms with van der Waals surface area (Å²) in [4.78, 5) is 37.8. The van der Waals surface area contributed by atoms with Gasteiger partial charge >= 0.3 is 17.9 Å². The van der Waals surface area contributed by atoms with Crippen molar-refractivity contribution in [2.45, 2.75) is 252 Å². The zero-order chi connectivity index (χ0) is 43.7. The first-order chi connectivity index (χ1) is 29.5. The number of allylic oxidation sites excluding steroid dienone is 10. The van der Waals surface area contributed by atoms with Crippen LogP contribution in [-0.2, 0) is 28.6 Å². The number of unbranched alkanes of at least 4 members (excludes halogenated alkanes) is 27. The summed E-state index contributed by atoms with van der Waals surface area (Å²) in [5, 5.41) is 0. The Kier molecular flexibility index (Phi) is 46.4. The van der Waals surface area contributed by atoms with Crippen LogP contribution in [0, 0.1) is 0 Å². The molecule has 0 spiro atoms. The monoisotopic (exact) mass is 839 g/mol. The molecule has 0 heterocycles. The molecule has 0 fully saturated rings. The standard InChI is InChI=1S/C54H94O6/c1-4-7-10-13-16-19-21-23-25-26-27-29-30-32-35-38-41-44-47-53(56)59-50-51(49-58-52(55)46-43-40-37-34-18-15-12-9-6-3)60-54(57)48-45-42-39-36-33-31-28-24-22-20-17-14-11-8-5-2/h8,11,14,17,20,22,24,27-29,51H,4-7,9-10,12-13,15-16,18-19,21,23,25-26,30-50H2,1-3H3/b11-8-,17-14-,22-20-,28-24-,29-27-. The van der Waals surface area contributed by atoms with Crippen LogP contribution in [0.4, 0.5) is 0 Å². The van der Waals surface area contributed by atoms with Gasteiger partial charge < -0.3 is 14.2 Å². The van der Waals surface area contributed by atoms with Crippen molar-refractivity contribution in [1.82, 2.24) is 0 Å². The fourth-order valence-corrected chi connectivity index (χ4v) is 7.04. The molecule has 0 saturated carbocycles. The molecular weight excluding hydrogens is 745 g/mol. The summed E-state index contributed by atoms with van der Waals surface area (Å²) in [5.41, 5.74) is 0. The quantitative estimate of drug-likeness (QED) is 0.0200. The van der Waals surface area contributed by atoms with Gasteiger partial charge in [-0.05, 0) is 64.2 Å². The molecule has 0 radical (unpaired) electrons. The lowest BCUT2D eigenvalue weighted by Crippen LogP contribution is -2.30. The highest BCUT2D eigenvalue weighted by Gasteiger charge is 2.19. The summed E-state index contributed by atoms with van der Waals surface area (Å²) in [6.45, 7) is 6.46. The lowest BCUT2D eigenvalue weighted by atomic mass is 10.1. The van der Waals surface area contributed by atoms with Crippen LogP contribution in [0.2, 0.25) is 0 Å². The number of ether oxygens (including phenoxy) is 3. The number of carbonyl (C=O) groups is 3. The molecule has 0 aromatic carbocycles. The SMILES string of the molecule is CC\C=C/C=C\C=C/C=C\CCCCCCCC(=O)OC(COC(=O)CCCCCCC/C=C\CCCCCCCCCCC)COC(=O)CCCCCCCCCCC. The van der Waals surface area contributed by atoms with Crippen molar-refractivity contribution in [2.75, 3.05) is 13.2 Å². The maximum absolute atomic E-state index is 12.8. The van der Waals surface area contributed by atoms with Gasteiger partial charge in [-0.25, -0.2) is 0 Å². The van der Waals surface area contributed by atoms with E-state index in [1.807, 2.05) is 18.2 Å². The van der Waals surface area contributed by atoms with E-state index in [-0.39, 0.29) is 31.1 Å². The second-order valence-corrected chi connectivity index (χ2v) is 16.8. The fraction of sp³-hybridized carbons (Fsp3) is 0.759. The maximum atomic E-state index is 12.8. The second-order valence-electron chi connectivity index (χ2n) is 16.8. The highest BCUT2D eigenvalue weighted by molar-refractivity contribution is 5.71. The summed E-state index contributed by atoms with van der Waals surface area (Å²) in [5.74, 6) is -0.917. The van der Waals surface area contributed by atoms with Crippen molar-refractivity contribution in [1.29, 1.82) is 0 Å². The Morgan fingerprint density at radius 2 is 0.667 bits per heavy atom. The molecule has 346 valence electrons. The minimum absolute atomic E-state index is 0.0855. The summed E-state index contributed by atoms with van der Waals surface area (Å²) in [7, 11) is 0. The zero-order valence-corrected chi connectivity index (χ0v) is 39.5. The van der Waals surface area contributed by atoms with Crippen molar-refractivity contribution in [3.63, 3.8) is 0 Å². The predicted molar refractivity (Wildman–Crippen MR) is 256 cm³/mol. The van der Waals surface area contributed by atoms with Crippen LogP contribution in [-0.4, -0.2) is 37.2 Å². The molecule has 0 aliphatic carbocycles. The summed E-state index contributed by atoms with van der Waals surface area (Å²) < 4.78 is 16.7. The molecule has 6 nitrogen and oxygen atoms in total. The van der Waals surface area contributed by atoms with Crippen LogP contribution >= 0.6 is 0 Å². The molecule has 6 heteroatoms. The summed E-state index contributed by atoms with van der Waals surface area (Å²) in [6.07, 6.45) is 59.2. The van der Waals surface area contributed by atoms with Gasteiger partial charge in [-0.3, -0.25) is 14.4 Å². The van der Waals surface area contributed by atoms with Gasteiger partial charge in [0, 0.05) is 19.3 Å². The van der Waals surface area contributed by atoms with E-state index in [2.05, 4.69) is 63.3 Å². The predicted octanol–water partition coefficient (Wildman–Crippen LogP) is 16.5. The normalized spacial score (nSPS) is 12.5. The third-order valence-corrected chi connectivity index (χ3v) is 10.9. The van der Waals surface area contributed by atoms with Gasteiger partial charge in [-0.15, -0.1) is 0 Å². The minimum atomic E-state index is -0.786. The van der Waals surface area contributed by atoms with E-state index < -0.39 is 6.10 Å². The van der Waals surface area contributed by atoms with Gasteiger partial charge in [-0.1, -0.05) is 223 Å². The first-order valence-electron chi connectivity index (χ1n) is 25.3. The average molecular weight is 839 g/mol. The topological polar surface area (TPSA) is 78.9 Å². The van der Waals surface area contributed by atoms with Crippen molar-refractivity contribution >= 4 is 17.9 Å². The van der Waals surface area contributed by atoms with E-state index in [9.17, 15) is 14.4 Å². The Morgan fingerprint density at radius 3 is 1.07 bits per heavy atom. The number of hydrogen-bond acceptors (Lipinski definition) is 6. The largest absolute Gasteiger partial charge is 0.462 e. The lowest BCUT2D eigenvalue weighted by molar-refractivity contribution is -0.167. The molecule has 0 aromatic heterocycles. The number of rotatable bonds is 45. The van der Waals surface area contributed by atoms with Gasteiger partial charge in [-0.2, -0.15) is 0 Å². The summed E-state index contributed by atoms with van der Waals surface area (Å²) >= 11 is 0. The molecule has 0 N–H and O–H groups in total. The molecule has 0 bridgehead atoms. The Labute approximate surface area is 370 Å². The molecule has 60 heavy (non-hydrogen) atoms. The van der Waals surface area contributed by atoms with Gasteiger partial charge in [0.1, 0.15) is 13.2 Å². The van der Waals surface area contributed by atoms with E-state index in [4.69, 9.17) is 14.2 Å². The van der Waals surface area contributed by atoms with E-state index in [0.29, 0.717) is 19.3 Å². The first-order valence-corrected chi connectivity index (χ1v) is 25.3. The minimum Gasteiger partial charge on any atom is -0.462 e. The number of hydrogen-bond donors (Lipinski definition) is 0. The van der Waals surface area contributed by atoms with E-state index in [0.717, 1.165) is 89.9 Å². The van der Waals surface area contributed by atoms with Crippen LogP contribution in [0.25, 0.3) is 0 Å². The van der Waals surface area contributed by atoms with E-state index in [1.165, 1.54) is 116 Å². The lowest BCUT2D eigenvalue weighted by Gasteiger charge is -2.18. The number of esters is 3. The Bertz CT molecular complexity index is 1100. The van der Waals surface area contributed by atoms with Gasteiger partial charge in [0.2, 0.25) is 0 Å². The Hall–Kier alpha value is -2.89. The van der Waals surface area contributed by atoms with Gasteiger partial charge in [0.25, 0.3) is 0 Å². The van der Waals surface area contributed by atoms with Gasteiger partial charge in [0.15, 0.2) is 6.10 Å². The summed E-state index contributed by atoms with van der Waals surface area (Å²) in [6, 6.07) is 0. The molecule has 0 aromatic rings. The Morgan fingerprint density at radius 1 is 0.350 bits per heavy atom. The van der Waals surface area contributed by atoms with Crippen molar-refractivity contribution < 1.29 is 28.6 Å². The zero-order valence-electron chi connectivity index (χ0n) is 39.5. The molecule has 0 aliphatic heterocycles. The van der Waals surface area contributed by atoms with Crippen LogP contribution in [0.5, 0.6) is 0 Å². The van der Waals surface area contributed by atoms with Crippen LogP contribution in [0.3, 0.4) is 0 Å². The third-order valence-electron chi connectivity index (χ3n) is 10.9. The Balaban J connectivity index is 4.36. The molecule has 0 amide bonds. The fourth-order valence-electron chi connectivity index (χ4n) is 7.04. The molecular formula is C54H94O6. The molecule has 1 atom stereocenters. The maximum Gasteiger partial charge on any atom is 0.306 e. The third kappa shape index (κ3) is 46.2. The molecule has 0 aliphatic rings. The van der Waals surface area contributed by atoms with E-state index >= 15 is 0 Å². The van der Waals surface area contributed by atoms with Crippen molar-refractivity contribution in [3.05, 3.63) is 60.8 Å². The van der Waals surface area contributed by atoms with Crippen molar-refractivity contribution in [2.24, 2.45) is 0 Å². The number of carbonyl (C=O) groups excluding carboxylic acids is 3. The second kappa shape index (κ2) is 48.8. The average Bonchev–Trinajstić information content (AvgIpc) is 3.24. The van der Waals surface area contributed by atoms with Crippen LogP contribution in [0.15, 0.2) is 60.8 Å². The first kappa shape index (κ1) is 57.1. The van der Waals surface area contributed by atoms with Crippen LogP contribution < -0.4 is 0 Å². The molecule has 1 unspecified atom stereocenters. The van der Waals surface area contributed by atoms with Crippen molar-refractivity contribution in [3.8, 4) is 0 Å². The molecule has 0 rings (SSSR count). The van der Waals surface area contributed by atoms with E-state index in [1.54, 1.807) is 0 Å². The van der Waals surface area contributed by atoms with Crippen LogP contribution in [0.1, 0.15) is 245 Å². The molecule has 0 saturated heterocycles. The highest BCUT2D eigenvalue weighted by atomic mass is 16.6. The smallest absolute Gasteiger partial charge is 0.306 e. The highest BCUT2D eigenvalue weighted by Crippen LogP contribution is 2.14.